The van der Waals surface area contributed by atoms with E-state index in [1.807, 2.05) is 36.4 Å². The lowest BCUT2D eigenvalue weighted by Gasteiger charge is -2.24. The minimum Gasteiger partial charge on any atom is -0.367 e. The molecule has 0 radical (unpaired) electrons. The van der Waals surface area contributed by atoms with Crippen molar-refractivity contribution in [1.29, 1.82) is 0 Å². The summed E-state index contributed by atoms with van der Waals surface area (Å²) in [5.41, 5.74) is 3.22. The van der Waals surface area contributed by atoms with Crippen LogP contribution in [0.15, 0.2) is 67.0 Å². The highest BCUT2D eigenvalue weighted by molar-refractivity contribution is 6.28. The highest BCUT2D eigenvalue weighted by Crippen LogP contribution is 2.44. The molecule has 2 aromatic carbocycles. The minimum absolute atomic E-state index is 0.0300. The van der Waals surface area contributed by atoms with Crippen molar-refractivity contribution in [1.82, 2.24) is 19.5 Å². The Kier molecular flexibility index (Phi) is 7.80. The fourth-order valence-corrected chi connectivity index (χ4v) is 5.84. The van der Waals surface area contributed by atoms with Gasteiger partial charge in [0.05, 0.1) is 12.7 Å². The van der Waals surface area contributed by atoms with Crippen molar-refractivity contribution in [3.05, 3.63) is 83.4 Å². The van der Waals surface area contributed by atoms with Crippen molar-refractivity contribution in [3.8, 4) is 0 Å². The van der Waals surface area contributed by atoms with E-state index in [-0.39, 0.29) is 35.6 Å². The standard InChI is InChI=1S/C31H32ClN5O5/c1-4-20(38)15-22(39)24-25-26(42-31(2,3)41-25)29(40-24)37-17-34-23-27(35-30(32)36-28(23)37)33-16-21(18-11-7-5-8-12-18)19-13-9-6-10-14-19/h5-14,17,21,24-26,29H,4,15-16H2,1-3H3,(H,33,35,36)/t24-,25-,26-,29-/m1/s1. The van der Waals surface area contributed by atoms with Crippen molar-refractivity contribution in [2.24, 2.45) is 0 Å². The second kappa shape index (κ2) is 11.5. The van der Waals surface area contributed by atoms with Crippen LogP contribution in [-0.2, 0) is 23.8 Å². The predicted molar refractivity (Wildman–Crippen MR) is 156 cm³/mol. The highest BCUT2D eigenvalue weighted by Gasteiger charge is 2.58. The number of aromatic nitrogens is 4. The Morgan fingerprint density at radius 2 is 1.64 bits per heavy atom. The molecule has 0 amide bonds. The Bertz CT molecular complexity index is 1560. The first-order chi connectivity index (χ1) is 20.2. The molecule has 2 fully saturated rings. The van der Waals surface area contributed by atoms with Gasteiger partial charge in [-0.25, -0.2) is 4.98 Å². The van der Waals surface area contributed by atoms with Crippen LogP contribution in [0.1, 0.15) is 56.9 Å². The van der Waals surface area contributed by atoms with Crippen LogP contribution in [-0.4, -0.2) is 61.7 Å². The van der Waals surface area contributed by atoms with Gasteiger partial charge in [0, 0.05) is 18.9 Å². The average Bonchev–Trinajstić information content (AvgIpc) is 3.64. The first-order valence-electron chi connectivity index (χ1n) is 14.0. The van der Waals surface area contributed by atoms with Gasteiger partial charge in [-0.1, -0.05) is 67.6 Å². The van der Waals surface area contributed by atoms with Crippen LogP contribution >= 0.6 is 11.6 Å². The van der Waals surface area contributed by atoms with E-state index in [2.05, 4.69) is 44.5 Å². The summed E-state index contributed by atoms with van der Waals surface area (Å²) in [6.45, 7) is 5.82. The number of benzene rings is 2. The van der Waals surface area contributed by atoms with Crippen LogP contribution in [0.3, 0.4) is 0 Å². The third-order valence-corrected chi connectivity index (χ3v) is 7.83. The molecule has 2 aliphatic heterocycles. The molecule has 11 heteroatoms. The topological polar surface area (TPSA) is 117 Å². The number of nitrogens with one attached hydrogen (secondary N) is 1. The molecule has 6 rings (SSSR count). The average molecular weight is 590 g/mol. The fourth-order valence-electron chi connectivity index (χ4n) is 5.68. The number of anilines is 1. The first kappa shape index (κ1) is 28.4. The third-order valence-electron chi connectivity index (χ3n) is 7.66. The van der Waals surface area contributed by atoms with E-state index in [9.17, 15) is 9.59 Å². The van der Waals surface area contributed by atoms with Crippen molar-refractivity contribution in [3.63, 3.8) is 0 Å². The number of hydrogen-bond donors (Lipinski definition) is 1. The quantitative estimate of drug-likeness (QED) is 0.199. The van der Waals surface area contributed by atoms with E-state index in [1.165, 1.54) is 0 Å². The number of halogens is 1. The molecule has 0 bridgehead atoms. The van der Waals surface area contributed by atoms with E-state index in [4.69, 9.17) is 25.8 Å². The Labute approximate surface area is 248 Å². The first-order valence-corrected chi connectivity index (χ1v) is 14.4. The Balaban J connectivity index is 1.31. The van der Waals surface area contributed by atoms with Crippen LogP contribution in [0.4, 0.5) is 5.82 Å². The number of rotatable bonds is 10. The van der Waals surface area contributed by atoms with Gasteiger partial charge < -0.3 is 19.5 Å². The van der Waals surface area contributed by atoms with E-state index in [0.717, 1.165) is 11.1 Å². The van der Waals surface area contributed by atoms with Gasteiger partial charge >= 0.3 is 0 Å². The smallest absolute Gasteiger partial charge is 0.226 e. The van der Waals surface area contributed by atoms with Crippen LogP contribution < -0.4 is 5.32 Å². The van der Waals surface area contributed by atoms with E-state index >= 15 is 0 Å². The van der Waals surface area contributed by atoms with Crippen molar-refractivity contribution in [2.75, 3.05) is 11.9 Å². The molecule has 4 atom stereocenters. The molecular weight excluding hydrogens is 558 g/mol. The van der Waals surface area contributed by atoms with Gasteiger partial charge in [-0.3, -0.25) is 14.2 Å². The number of carbonyl (C=O) groups is 2. The maximum absolute atomic E-state index is 13.1. The van der Waals surface area contributed by atoms with Crippen molar-refractivity contribution in [2.45, 2.75) is 69.9 Å². The fraction of sp³-hybridized carbons (Fsp3) is 0.387. The second-order valence-corrected chi connectivity index (χ2v) is 11.3. The van der Waals surface area contributed by atoms with Crippen LogP contribution in [0, 0.1) is 0 Å². The van der Waals surface area contributed by atoms with E-state index in [0.29, 0.717) is 23.5 Å². The monoisotopic (exact) mass is 589 g/mol. The molecule has 0 aliphatic carbocycles. The summed E-state index contributed by atoms with van der Waals surface area (Å²) >= 11 is 6.43. The van der Waals surface area contributed by atoms with E-state index < -0.39 is 30.3 Å². The van der Waals surface area contributed by atoms with Gasteiger partial charge in [0.2, 0.25) is 5.28 Å². The molecule has 2 saturated heterocycles. The highest BCUT2D eigenvalue weighted by atomic mass is 35.5. The molecule has 10 nitrogen and oxygen atoms in total. The van der Waals surface area contributed by atoms with Gasteiger partial charge in [-0.05, 0) is 36.6 Å². The van der Waals surface area contributed by atoms with Crippen molar-refractivity contribution < 1.29 is 23.8 Å². The van der Waals surface area contributed by atoms with Gasteiger partial charge in [0.1, 0.15) is 24.1 Å². The number of Topliss-reactive ketones (excluding diaryl/α,β-unsaturated/α-hetero) is 2. The van der Waals surface area contributed by atoms with Gasteiger partial charge in [-0.15, -0.1) is 0 Å². The third kappa shape index (κ3) is 5.55. The Hall–Kier alpha value is -3.70. The molecule has 218 valence electrons. The summed E-state index contributed by atoms with van der Waals surface area (Å²) in [7, 11) is 0. The molecule has 0 unspecified atom stereocenters. The number of ketones is 2. The lowest BCUT2D eigenvalue weighted by atomic mass is 9.91. The zero-order valence-electron chi connectivity index (χ0n) is 23.6. The largest absolute Gasteiger partial charge is 0.367 e. The molecule has 2 aliphatic rings. The zero-order valence-corrected chi connectivity index (χ0v) is 24.3. The normalized spacial score (nSPS) is 22.9. The van der Waals surface area contributed by atoms with Gasteiger partial charge in [-0.2, -0.15) is 9.97 Å². The van der Waals surface area contributed by atoms with Crippen molar-refractivity contribution >= 4 is 40.1 Å². The van der Waals surface area contributed by atoms with Crippen LogP contribution in [0.25, 0.3) is 11.2 Å². The van der Waals surface area contributed by atoms with Gasteiger partial charge in [0.15, 0.2) is 34.8 Å². The SMILES string of the molecule is CCC(=O)CC(=O)[C@H]1O[C@@H](n2cnc3c(NCC(c4ccccc4)c4ccccc4)nc(Cl)nc32)[C@@H]2OC(C)(C)O[C@@H]21. The molecule has 0 saturated carbocycles. The molecule has 42 heavy (non-hydrogen) atoms. The zero-order chi connectivity index (χ0) is 29.4. The summed E-state index contributed by atoms with van der Waals surface area (Å²) in [4.78, 5) is 38.7. The molecule has 0 spiro atoms. The molecule has 1 N–H and O–H groups in total. The van der Waals surface area contributed by atoms with Crippen LogP contribution in [0.5, 0.6) is 0 Å². The molecule has 4 heterocycles. The number of imidazole rings is 1. The maximum atomic E-state index is 13.1. The maximum Gasteiger partial charge on any atom is 0.226 e. The van der Waals surface area contributed by atoms with E-state index in [1.54, 1.807) is 31.7 Å². The lowest BCUT2D eigenvalue weighted by molar-refractivity contribution is -0.196. The predicted octanol–water partition coefficient (Wildman–Crippen LogP) is 5.08. The van der Waals surface area contributed by atoms with Gasteiger partial charge in [0.25, 0.3) is 0 Å². The minimum atomic E-state index is -0.970. The second-order valence-electron chi connectivity index (χ2n) is 11.0. The summed E-state index contributed by atoms with van der Waals surface area (Å²) in [5.74, 6) is -0.923. The number of fused-ring (bicyclic) bond motifs is 2. The summed E-state index contributed by atoms with van der Waals surface area (Å²) in [6.07, 6.45) is -1.45. The number of nitrogens with zero attached hydrogens (tertiary/aromatic N) is 4. The summed E-state index contributed by atoms with van der Waals surface area (Å²) in [6, 6.07) is 20.5. The number of ether oxygens (including phenoxy) is 3. The number of carbonyl (C=O) groups excluding carboxylic acids is 2. The lowest BCUT2D eigenvalue weighted by Crippen LogP contribution is -2.36. The molecule has 4 aromatic rings. The molecular formula is C31H32ClN5O5. The number of hydrogen-bond acceptors (Lipinski definition) is 9. The Morgan fingerprint density at radius 1 is 1.00 bits per heavy atom. The molecule has 2 aromatic heterocycles. The summed E-state index contributed by atoms with van der Waals surface area (Å²) in [5, 5.41) is 3.47. The Morgan fingerprint density at radius 3 is 2.29 bits per heavy atom. The van der Waals surface area contributed by atoms with Crippen LogP contribution in [0.2, 0.25) is 5.28 Å². The summed E-state index contributed by atoms with van der Waals surface area (Å²) < 4.78 is 20.2.